The molecule has 0 bridgehead atoms. The molecule has 0 fully saturated rings. The first-order chi connectivity index (χ1) is 10.3. The van der Waals surface area contributed by atoms with Crippen molar-refractivity contribution >= 4 is 5.97 Å². The van der Waals surface area contributed by atoms with Crippen molar-refractivity contribution in [2.24, 2.45) is 5.92 Å². The summed E-state index contributed by atoms with van der Waals surface area (Å²) in [5.74, 6) is 0.120. The number of benzene rings is 1. The minimum atomic E-state index is -0.445. The normalized spacial score (nSPS) is 17.6. The standard InChI is InChI=1S/C17H17NO3/c19-17(20-12-13-7-3-1-4-8-13)16-11-15(18-21-16)14-9-5-2-6-10-14/h1-3,5-6,9-11,13H,4,7-8,12H2. The third-order valence-electron chi connectivity index (χ3n) is 3.61. The summed E-state index contributed by atoms with van der Waals surface area (Å²) in [7, 11) is 0. The fourth-order valence-corrected chi connectivity index (χ4v) is 2.39. The van der Waals surface area contributed by atoms with Crippen LogP contribution in [0.2, 0.25) is 0 Å². The highest BCUT2D eigenvalue weighted by Crippen LogP contribution is 2.21. The van der Waals surface area contributed by atoms with Gasteiger partial charge >= 0.3 is 5.97 Å². The summed E-state index contributed by atoms with van der Waals surface area (Å²) in [6.07, 6.45) is 7.40. The van der Waals surface area contributed by atoms with E-state index in [0.717, 1.165) is 24.8 Å². The Morgan fingerprint density at radius 2 is 2.14 bits per heavy atom. The molecule has 0 spiro atoms. The van der Waals surface area contributed by atoms with Gasteiger partial charge in [0, 0.05) is 11.6 Å². The average molecular weight is 283 g/mol. The van der Waals surface area contributed by atoms with Crippen LogP contribution in [0, 0.1) is 5.92 Å². The first kappa shape index (κ1) is 13.6. The zero-order chi connectivity index (χ0) is 14.5. The molecule has 21 heavy (non-hydrogen) atoms. The van der Waals surface area contributed by atoms with E-state index in [1.807, 2.05) is 30.3 Å². The van der Waals surface area contributed by atoms with E-state index in [1.54, 1.807) is 6.07 Å². The number of allylic oxidation sites excluding steroid dienone is 2. The van der Waals surface area contributed by atoms with Gasteiger partial charge in [-0.15, -0.1) is 0 Å². The Labute approximate surface area is 123 Å². The number of hydrogen-bond acceptors (Lipinski definition) is 4. The van der Waals surface area contributed by atoms with Crippen LogP contribution in [0.4, 0.5) is 0 Å². The second-order valence-corrected chi connectivity index (χ2v) is 5.19. The van der Waals surface area contributed by atoms with Crippen molar-refractivity contribution in [1.82, 2.24) is 5.16 Å². The molecule has 0 N–H and O–H groups in total. The first-order valence-corrected chi connectivity index (χ1v) is 7.17. The number of aromatic nitrogens is 1. The summed E-state index contributed by atoms with van der Waals surface area (Å²) < 4.78 is 10.4. The summed E-state index contributed by atoms with van der Waals surface area (Å²) in [5.41, 5.74) is 1.56. The van der Waals surface area contributed by atoms with Gasteiger partial charge in [0.2, 0.25) is 5.76 Å². The lowest BCUT2D eigenvalue weighted by atomic mass is 9.95. The van der Waals surface area contributed by atoms with E-state index in [0.29, 0.717) is 18.2 Å². The molecule has 1 aliphatic rings. The highest BCUT2D eigenvalue weighted by Gasteiger charge is 2.18. The first-order valence-electron chi connectivity index (χ1n) is 7.17. The maximum absolute atomic E-state index is 12.0. The van der Waals surface area contributed by atoms with Crippen molar-refractivity contribution in [2.75, 3.05) is 6.61 Å². The van der Waals surface area contributed by atoms with Crippen LogP contribution >= 0.6 is 0 Å². The number of rotatable bonds is 4. The van der Waals surface area contributed by atoms with Crippen molar-refractivity contribution in [1.29, 1.82) is 0 Å². The molecule has 1 aromatic carbocycles. The Morgan fingerprint density at radius 1 is 1.29 bits per heavy atom. The zero-order valence-corrected chi connectivity index (χ0v) is 11.7. The Balaban J connectivity index is 1.60. The van der Waals surface area contributed by atoms with Crippen LogP contribution in [0.1, 0.15) is 29.8 Å². The van der Waals surface area contributed by atoms with Gasteiger partial charge in [0.25, 0.3) is 0 Å². The van der Waals surface area contributed by atoms with Gasteiger partial charge in [0.15, 0.2) is 0 Å². The molecule has 1 heterocycles. The van der Waals surface area contributed by atoms with E-state index < -0.39 is 5.97 Å². The molecule has 0 radical (unpaired) electrons. The Hall–Kier alpha value is -2.36. The molecule has 1 aliphatic carbocycles. The summed E-state index contributed by atoms with van der Waals surface area (Å²) in [6, 6.07) is 11.2. The van der Waals surface area contributed by atoms with Crippen molar-refractivity contribution in [3.05, 3.63) is 54.3 Å². The van der Waals surface area contributed by atoms with Crippen LogP contribution in [-0.4, -0.2) is 17.7 Å². The van der Waals surface area contributed by atoms with E-state index in [1.165, 1.54) is 0 Å². The van der Waals surface area contributed by atoms with Crippen molar-refractivity contribution in [2.45, 2.75) is 19.3 Å². The number of esters is 1. The van der Waals surface area contributed by atoms with Crippen LogP contribution in [0.5, 0.6) is 0 Å². The second-order valence-electron chi connectivity index (χ2n) is 5.19. The van der Waals surface area contributed by atoms with Gasteiger partial charge in [-0.1, -0.05) is 47.6 Å². The van der Waals surface area contributed by atoms with Crippen LogP contribution in [0.25, 0.3) is 11.3 Å². The van der Waals surface area contributed by atoms with Gasteiger partial charge in [0.05, 0.1) is 6.61 Å². The molecule has 0 saturated heterocycles. The third-order valence-corrected chi connectivity index (χ3v) is 3.61. The van der Waals surface area contributed by atoms with Gasteiger partial charge < -0.3 is 9.26 Å². The average Bonchev–Trinajstić information content (AvgIpc) is 3.04. The molecular formula is C17H17NO3. The number of hydrogen-bond donors (Lipinski definition) is 0. The largest absolute Gasteiger partial charge is 0.459 e. The van der Waals surface area contributed by atoms with Gasteiger partial charge in [-0.05, 0) is 25.2 Å². The summed E-state index contributed by atoms with van der Waals surface area (Å²) in [4.78, 5) is 12.0. The summed E-state index contributed by atoms with van der Waals surface area (Å²) in [5, 5.41) is 3.92. The third kappa shape index (κ3) is 3.40. The summed E-state index contributed by atoms with van der Waals surface area (Å²) in [6.45, 7) is 0.435. The molecule has 1 unspecified atom stereocenters. The number of carbonyl (C=O) groups is 1. The molecule has 4 nitrogen and oxygen atoms in total. The maximum Gasteiger partial charge on any atom is 0.377 e. The number of carbonyl (C=O) groups excluding carboxylic acids is 1. The minimum absolute atomic E-state index is 0.153. The monoisotopic (exact) mass is 283 g/mol. The van der Waals surface area contributed by atoms with Gasteiger partial charge in [-0.25, -0.2) is 4.79 Å². The Morgan fingerprint density at radius 3 is 2.90 bits per heavy atom. The zero-order valence-electron chi connectivity index (χ0n) is 11.7. The maximum atomic E-state index is 12.0. The van der Waals surface area contributed by atoms with Crippen molar-refractivity contribution < 1.29 is 14.1 Å². The summed E-state index contributed by atoms with van der Waals surface area (Å²) >= 11 is 0. The van der Waals surface area contributed by atoms with Crippen molar-refractivity contribution in [3.63, 3.8) is 0 Å². The fourth-order valence-electron chi connectivity index (χ4n) is 2.39. The Bertz CT molecular complexity index is 630. The highest BCUT2D eigenvalue weighted by molar-refractivity contribution is 5.87. The van der Waals surface area contributed by atoms with E-state index in [9.17, 15) is 4.79 Å². The Kier molecular flexibility index (Phi) is 4.15. The van der Waals surface area contributed by atoms with Crippen LogP contribution < -0.4 is 0 Å². The minimum Gasteiger partial charge on any atom is -0.459 e. The lowest BCUT2D eigenvalue weighted by Crippen LogP contribution is -2.14. The molecule has 1 atom stereocenters. The fraction of sp³-hybridized carbons (Fsp3) is 0.294. The van der Waals surface area contributed by atoms with Crippen LogP contribution in [-0.2, 0) is 4.74 Å². The SMILES string of the molecule is O=C(OCC1CC=CCC1)c1cc(-c2ccccc2)no1. The molecule has 0 saturated carbocycles. The predicted octanol–water partition coefficient (Wildman–Crippen LogP) is 3.85. The van der Waals surface area contributed by atoms with E-state index >= 15 is 0 Å². The van der Waals surface area contributed by atoms with E-state index in [2.05, 4.69) is 17.3 Å². The number of nitrogens with zero attached hydrogens (tertiary/aromatic N) is 1. The molecule has 1 aromatic heterocycles. The van der Waals surface area contributed by atoms with Crippen LogP contribution in [0.15, 0.2) is 53.1 Å². The van der Waals surface area contributed by atoms with E-state index in [4.69, 9.17) is 9.26 Å². The van der Waals surface area contributed by atoms with Gasteiger partial charge in [-0.3, -0.25) is 0 Å². The smallest absolute Gasteiger partial charge is 0.377 e. The van der Waals surface area contributed by atoms with Gasteiger partial charge in [-0.2, -0.15) is 0 Å². The molecular weight excluding hydrogens is 266 g/mol. The van der Waals surface area contributed by atoms with E-state index in [-0.39, 0.29) is 5.76 Å². The van der Waals surface area contributed by atoms with Crippen LogP contribution in [0.3, 0.4) is 0 Å². The molecule has 4 heteroatoms. The molecule has 0 amide bonds. The highest BCUT2D eigenvalue weighted by atomic mass is 16.6. The predicted molar refractivity (Wildman–Crippen MR) is 78.7 cm³/mol. The lowest BCUT2D eigenvalue weighted by molar-refractivity contribution is 0.0386. The second kappa shape index (κ2) is 6.39. The molecule has 108 valence electrons. The number of ether oxygens (including phenoxy) is 1. The molecule has 0 aliphatic heterocycles. The quantitative estimate of drug-likeness (QED) is 0.631. The molecule has 3 rings (SSSR count). The molecule has 2 aromatic rings. The van der Waals surface area contributed by atoms with Gasteiger partial charge in [0.1, 0.15) is 5.69 Å². The lowest BCUT2D eigenvalue weighted by Gasteiger charge is -2.16. The topological polar surface area (TPSA) is 52.3 Å². The van der Waals surface area contributed by atoms with Crippen molar-refractivity contribution in [3.8, 4) is 11.3 Å².